The Morgan fingerprint density at radius 3 is 2.94 bits per heavy atom. The highest BCUT2D eigenvalue weighted by Crippen LogP contribution is 2.18. The van der Waals surface area contributed by atoms with Crippen molar-refractivity contribution in [3.63, 3.8) is 0 Å². The number of phenolic OH excluding ortho intramolecular Hbond substituents is 1. The summed E-state index contributed by atoms with van der Waals surface area (Å²) in [5.41, 5.74) is 6.43. The van der Waals surface area contributed by atoms with Crippen LogP contribution in [-0.4, -0.2) is 24.2 Å². The molecule has 0 aliphatic rings. The number of nitrogens with two attached hydrogens (primary N) is 1. The molecule has 0 aliphatic heterocycles. The van der Waals surface area contributed by atoms with E-state index in [9.17, 15) is 9.90 Å². The Bertz CT molecular complexity index is 437. The number of carbonyl (C=O) groups is 1. The summed E-state index contributed by atoms with van der Waals surface area (Å²) >= 11 is 0. The van der Waals surface area contributed by atoms with E-state index in [2.05, 4.69) is 4.74 Å². The number of methoxy groups -OCH3 is 1. The monoisotopic (exact) mass is 220 g/mol. The van der Waals surface area contributed by atoms with Crippen LogP contribution in [0.1, 0.15) is 11.1 Å². The van der Waals surface area contributed by atoms with Gasteiger partial charge in [-0.25, -0.2) is 0 Å². The van der Waals surface area contributed by atoms with E-state index in [1.807, 2.05) is 6.07 Å². The molecule has 5 nitrogen and oxygen atoms in total. The maximum absolute atomic E-state index is 11.1. The van der Waals surface area contributed by atoms with Crippen LogP contribution in [0.25, 0.3) is 0 Å². The summed E-state index contributed by atoms with van der Waals surface area (Å²) in [7, 11) is 1.26. The highest BCUT2D eigenvalue weighted by molar-refractivity contribution is 5.75. The van der Waals surface area contributed by atoms with Gasteiger partial charge in [-0.05, 0) is 24.1 Å². The molecule has 0 unspecified atom stereocenters. The molecule has 0 radical (unpaired) electrons. The minimum atomic E-state index is -0.763. The summed E-state index contributed by atoms with van der Waals surface area (Å²) in [5.74, 6) is -0.593. The first-order valence-corrected chi connectivity index (χ1v) is 4.64. The van der Waals surface area contributed by atoms with Gasteiger partial charge in [0, 0.05) is 0 Å². The Morgan fingerprint density at radius 2 is 2.38 bits per heavy atom. The summed E-state index contributed by atoms with van der Waals surface area (Å²) in [6, 6.07) is 5.59. The Morgan fingerprint density at radius 1 is 1.69 bits per heavy atom. The third kappa shape index (κ3) is 2.72. The zero-order valence-electron chi connectivity index (χ0n) is 8.80. The highest BCUT2D eigenvalue weighted by Gasteiger charge is 2.14. The molecule has 0 fully saturated rings. The van der Waals surface area contributed by atoms with Crippen LogP contribution >= 0.6 is 0 Å². The minimum Gasteiger partial charge on any atom is -0.507 e. The standard InChI is InChI=1S/C11H12N2O3/c1-16-11(15)9(13)5-7-2-3-10(14)8(4-7)6-12/h2-4,9,14H,5,13H2,1H3/t9-/m0/s1. The molecule has 0 saturated heterocycles. The predicted octanol–water partition coefficient (Wildman–Crippen LogP) is 0.307. The lowest BCUT2D eigenvalue weighted by atomic mass is 10.0. The van der Waals surface area contributed by atoms with Gasteiger partial charge in [0.2, 0.25) is 0 Å². The Hall–Kier alpha value is -2.06. The van der Waals surface area contributed by atoms with Gasteiger partial charge in [-0.1, -0.05) is 6.07 Å². The second kappa shape index (κ2) is 5.14. The number of rotatable bonds is 3. The maximum Gasteiger partial charge on any atom is 0.322 e. The molecule has 1 atom stereocenters. The number of aromatic hydroxyl groups is 1. The van der Waals surface area contributed by atoms with Crippen LogP contribution in [0.15, 0.2) is 18.2 Å². The molecule has 0 spiro atoms. The zero-order valence-corrected chi connectivity index (χ0v) is 8.80. The second-order valence-electron chi connectivity index (χ2n) is 3.30. The molecule has 0 saturated carbocycles. The molecule has 16 heavy (non-hydrogen) atoms. The number of carbonyl (C=O) groups excluding carboxylic acids is 1. The SMILES string of the molecule is COC(=O)[C@@H](N)Cc1ccc(O)c(C#N)c1. The van der Waals surface area contributed by atoms with Crippen molar-refractivity contribution in [3.05, 3.63) is 29.3 Å². The molecule has 1 aromatic rings. The molecule has 0 aliphatic carbocycles. The topological polar surface area (TPSA) is 96.3 Å². The third-order valence-corrected chi connectivity index (χ3v) is 2.14. The van der Waals surface area contributed by atoms with Gasteiger partial charge >= 0.3 is 5.97 Å². The summed E-state index contributed by atoms with van der Waals surface area (Å²) in [4.78, 5) is 11.1. The number of nitrogens with zero attached hydrogens (tertiary/aromatic N) is 1. The van der Waals surface area contributed by atoms with E-state index in [4.69, 9.17) is 11.0 Å². The van der Waals surface area contributed by atoms with E-state index < -0.39 is 12.0 Å². The van der Waals surface area contributed by atoms with E-state index in [1.54, 1.807) is 6.07 Å². The normalized spacial score (nSPS) is 11.6. The van der Waals surface area contributed by atoms with Gasteiger partial charge in [0.25, 0.3) is 0 Å². The first kappa shape index (κ1) is 12.0. The smallest absolute Gasteiger partial charge is 0.322 e. The number of benzene rings is 1. The lowest BCUT2D eigenvalue weighted by molar-refractivity contribution is -0.142. The highest BCUT2D eigenvalue weighted by atomic mass is 16.5. The van der Waals surface area contributed by atoms with Gasteiger partial charge < -0.3 is 15.6 Å². The predicted molar refractivity (Wildman–Crippen MR) is 56.5 cm³/mol. The first-order chi connectivity index (χ1) is 7.58. The fraction of sp³-hybridized carbons (Fsp3) is 0.273. The van der Waals surface area contributed by atoms with Crippen LogP contribution in [0.2, 0.25) is 0 Å². The molecule has 1 rings (SSSR count). The van der Waals surface area contributed by atoms with E-state index in [0.29, 0.717) is 5.56 Å². The summed E-state index contributed by atoms with van der Waals surface area (Å²) in [6.45, 7) is 0. The van der Waals surface area contributed by atoms with Gasteiger partial charge in [-0.2, -0.15) is 5.26 Å². The number of esters is 1. The molecule has 1 aromatic carbocycles. The van der Waals surface area contributed by atoms with E-state index >= 15 is 0 Å². The van der Waals surface area contributed by atoms with Crippen molar-refractivity contribution in [1.29, 1.82) is 5.26 Å². The summed E-state index contributed by atoms with van der Waals surface area (Å²) in [6.07, 6.45) is 0.266. The van der Waals surface area contributed by atoms with Crippen LogP contribution in [0.3, 0.4) is 0 Å². The molecule has 0 aromatic heterocycles. The molecule has 0 bridgehead atoms. The van der Waals surface area contributed by atoms with Gasteiger partial charge in [0.05, 0.1) is 12.7 Å². The average molecular weight is 220 g/mol. The maximum atomic E-state index is 11.1. The van der Waals surface area contributed by atoms with Crippen molar-refractivity contribution in [3.8, 4) is 11.8 Å². The van der Waals surface area contributed by atoms with Gasteiger partial charge in [0.15, 0.2) is 0 Å². The van der Waals surface area contributed by atoms with Gasteiger partial charge in [-0.15, -0.1) is 0 Å². The van der Waals surface area contributed by atoms with Gasteiger partial charge in [0.1, 0.15) is 17.9 Å². The average Bonchev–Trinajstić information content (AvgIpc) is 2.30. The number of nitriles is 1. The van der Waals surface area contributed by atoms with Crippen LogP contribution in [0.5, 0.6) is 5.75 Å². The van der Waals surface area contributed by atoms with Crippen molar-refractivity contribution in [2.45, 2.75) is 12.5 Å². The Labute approximate surface area is 93.1 Å². The minimum absolute atomic E-state index is 0.0853. The summed E-state index contributed by atoms with van der Waals surface area (Å²) in [5, 5.41) is 18.0. The first-order valence-electron chi connectivity index (χ1n) is 4.64. The lowest BCUT2D eigenvalue weighted by Crippen LogP contribution is -2.33. The molecule has 0 amide bonds. The van der Waals surface area contributed by atoms with Gasteiger partial charge in [-0.3, -0.25) is 4.79 Å². The molecular formula is C11H12N2O3. The molecule has 84 valence electrons. The third-order valence-electron chi connectivity index (χ3n) is 2.14. The van der Waals surface area contributed by atoms with Crippen LogP contribution in [-0.2, 0) is 16.0 Å². The number of ether oxygens (including phenoxy) is 1. The Balaban J connectivity index is 2.83. The lowest BCUT2D eigenvalue weighted by Gasteiger charge is -2.09. The second-order valence-corrected chi connectivity index (χ2v) is 3.30. The molecule has 0 heterocycles. The quantitative estimate of drug-likeness (QED) is 0.714. The van der Waals surface area contributed by atoms with Crippen molar-refractivity contribution < 1.29 is 14.6 Å². The van der Waals surface area contributed by atoms with Crippen molar-refractivity contribution in [2.75, 3.05) is 7.11 Å². The van der Waals surface area contributed by atoms with E-state index in [1.165, 1.54) is 19.2 Å². The Kier molecular flexibility index (Phi) is 3.86. The van der Waals surface area contributed by atoms with E-state index in [0.717, 1.165) is 0 Å². The van der Waals surface area contributed by atoms with Crippen LogP contribution in [0.4, 0.5) is 0 Å². The van der Waals surface area contributed by atoms with Crippen molar-refractivity contribution >= 4 is 5.97 Å². The number of hydrogen-bond acceptors (Lipinski definition) is 5. The fourth-order valence-electron chi connectivity index (χ4n) is 1.29. The largest absolute Gasteiger partial charge is 0.507 e. The number of phenols is 1. The van der Waals surface area contributed by atoms with Crippen molar-refractivity contribution in [1.82, 2.24) is 0 Å². The van der Waals surface area contributed by atoms with Crippen LogP contribution in [0, 0.1) is 11.3 Å². The number of hydrogen-bond donors (Lipinski definition) is 2. The zero-order chi connectivity index (χ0) is 12.1. The summed E-state index contributed by atoms with van der Waals surface area (Å²) < 4.78 is 4.49. The molecule has 5 heteroatoms. The fourth-order valence-corrected chi connectivity index (χ4v) is 1.29. The van der Waals surface area contributed by atoms with E-state index in [-0.39, 0.29) is 17.7 Å². The van der Waals surface area contributed by atoms with Crippen molar-refractivity contribution in [2.24, 2.45) is 5.73 Å². The van der Waals surface area contributed by atoms with Crippen LogP contribution < -0.4 is 5.73 Å². The molecular weight excluding hydrogens is 208 g/mol. The molecule has 3 N–H and O–H groups in total.